The van der Waals surface area contributed by atoms with Crippen LogP contribution in [-0.4, -0.2) is 75.7 Å². The first-order valence-electron chi connectivity index (χ1n) is 13.4. The van der Waals surface area contributed by atoms with Gasteiger partial charge in [-0.3, -0.25) is 9.59 Å². The van der Waals surface area contributed by atoms with Crippen molar-refractivity contribution in [1.82, 2.24) is 14.5 Å². The van der Waals surface area contributed by atoms with Crippen LogP contribution in [-0.2, 0) is 43.9 Å². The lowest BCUT2D eigenvalue weighted by atomic mass is 10.0. The SMILES string of the molecule is COCCCNC(=O)C(Cc1ccccc1)N(Cc1ccc(OC)cc1)C(=O)CN(Cc1ccccc1)S(C)(=O)=O. The van der Waals surface area contributed by atoms with E-state index in [1.165, 1.54) is 4.90 Å². The summed E-state index contributed by atoms with van der Waals surface area (Å²) in [6.07, 6.45) is 1.96. The second kappa shape index (κ2) is 15.9. The number of sulfonamides is 1. The number of ether oxygens (including phenoxy) is 2. The first-order chi connectivity index (χ1) is 19.7. The van der Waals surface area contributed by atoms with E-state index in [0.717, 1.165) is 27.3 Å². The maximum absolute atomic E-state index is 14.0. The van der Waals surface area contributed by atoms with Gasteiger partial charge in [0.25, 0.3) is 0 Å². The van der Waals surface area contributed by atoms with Crippen molar-refractivity contribution >= 4 is 21.8 Å². The van der Waals surface area contributed by atoms with Gasteiger partial charge < -0.3 is 19.7 Å². The van der Waals surface area contributed by atoms with Gasteiger partial charge in [0.2, 0.25) is 21.8 Å². The highest BCUT2D eigenvalue weighted by Crippen LogP contribution is 2.19. The fourth-order valence-corrected chi connectivity index (χ4v) is 5.08. The molecule has 3 rings (SSSR count). The molecule has 9 nitrogen and oxygen atoms in total. The molecule has 0 aliphatic carbocycles. The number of amides is 2. The topological polar surface area (TPSA) is 105 Å². The van der Waals surface area contributed by atoms with Crippen LogP contribution >= 0.6 is 0 Å². The van der Waals surface area contributed by atoms with Gasteiger partial charge in [0, 0.05) is 39.8 Å². The predicted octanol–water partition coefficient (Wildman–Crippen LogP) is 3.25. The number of nitrogens with one attached hydrogen (secondary N) is 1. The molecule has 0 fully saturated rings. The summed E-state index contributed by atoms with van der Waals surface area (Å²) in [7, 11) is -0.578. The van der Waals surface area contributed by atoms with Crippen LogP contribution in [0.4, 0.5) is 0 Å². The van der Waals surface area contributed by atoms with Crippen molar-refractivity contribution in [3.05, 3.63) is 102 Å². The first kappa shape index (κ1) is 31.8. The average molecular weight is 582 g/mol. The molecule has 2 amide bonds. The molecule has 1 unspecified atom stereocenters. The molecule has 10 heteroatoms. The molecule has 0 spiro atoms. The summed E-state index contributed by atoms with van der Waals surface area (Å²) < 4.78 is 37.0. The van der Waals surface area contributed by atoms with E-state index in [9.17, 15) is 18.0 Å². The smallest absolute Gasteiger partial charge is 0.243 e. The molecule has 0 bridgehead atoms. The van der Waals surface area contributed by atoms with Gasteiger partial charge in [-0.05, 0) is 35.2 Å². The summed E-state index contributed by atoms with van der Waals surface area (Å²) in [6, 6.07) is 24.9. The van der Waals surface area contributed by atoms with E-state index in [1.54, 1.807) is 26.4 Å². The highest BCUT2D eigenvalue weighted by atomic mass is 32.2. The maximum Gasteiger partial charge on any atom is 0.243 e. The fourth-order valence-electron chi connectivity index (χ4n) is 4.35. The van der Waals surface area contributed by atoms with Crippen molar-refractivity contribution in [3.8, 4) is 5.75 Å². The Morgan fingerprint density at radius 1 is 0.829 bits per heavy atom. The van der Waals surface area contributed by atoms with E-state index in [0.29, 0.717) is 25.3 Å². The number of carbonyl (C=O) groups excluding carboxylic acids is 2. The number of hydrogen-bond acceptors (Lipinski definition) is 6. The van der Waals surface area contributed by atoms with Gasteiger partial charge in [0.15, 0.2) is 0 Å². The van der Waals surface area contributed by atoms with Gasteiger partial charge in [-0.15, -0.1) is 0 Å². The van der Waals surface area contributed by atoms with E-state index in [1.807, 2.05) is 72.8 Å². The van der Waals surface area contributed by atoms with Gasteiger partial charge in [-0.25, -0.2) is 8.42 Å². The summed E-state index contributed by atoms with van der Waals surface area (Å²) >= 11 is 0. The Kier molecular flexibility index (Phi) is 12.3. The molecule has 1 N–H and O–H groups in total. The summed E-state index contributed by atoms with van der Waals surface area (Å²) in [5, 5.41) is 2.94. The molecule has 3 aromatic rings. The lowest BCUT2D eigenvalue weighted by Gasteiger charge is -2.33. The lowest BCUT2D eigenvalue weighted by molar-refractivity contribution is -0.141. The van der Waals surface area contributed by atoms with Crippen LogP contribution in [0, 0.1) is 0 Å². The molecule has 0 aliphatic heterocycles. The van der Waals surface area contributed by atoms with E-state index in [4.69, 9.17) is 9.47 Å². The molecule has 1 atom stereocenters. The van der Waals surface area contributed by atoms with Gasteiger partial charge >= 0.3 is 0 Å². The zero-order valence-corrected chi connectivity index (χ0v) is 24.7. The molecular formula is C31H39N3O6S. The minimum absolute atomic E-state index is 0.0361. The molecule has 0 heterocycles. The lowest BCUT2D eigenvalue weighted by Crippen LogP contribution is -2.53. The maximum atomic E-state index is 14.0. The van der Waals surface area contributed by atoms with Crippen LogP contribution in [0.2, 0.25) is 0 Å². The average Bonchev–Trinajstić information content (AvgIpc) is 2.97. The molecule has 0 saturated carbocycles. The third kappa shape index (κ3) is 10.3. The second-order valence-corrected chi connectivity index (χ2v) is 11.7. The normalized spacial score (nSPS) is 12.1. The number of nitrogens with zero attached hydrogens (tertiary/aromatic N) is 2. The quantitative estimate of drug-likeness (QED) is 0.261. The molecule has 0 saturated heterocycles. The monoisotopic (exact) mass is 581 g/mol. The van der Waals surface area contributed by atoms with Crippen molar-refractivity contribution in [2.45, 2.75) is 32.0 Å². The number of benzene rings is 3. The minimum Gasteiger partial charge on any atom is -0.497 e. The Morgan fingerprint density at radius 3 is 1.98 bits per heavy atom. The van der Waals surface area contributed by atoms with Gasteiger partial charge in [0.05, 0.1) is 19.9 Å². The van der Waals surface area contributed by atoms with Crippen LogP contribution in [0.3, 0.4) is 0 Å². The third-order valence-electron chi connectivity index (χ3n) is 6.59. The van der Waals surface area contributed by atoms with E-state index in [2.05, 4.69) is 5.32 Å². The van der Waals surface area contributed by atoms with Crippen molar-refractivity contribution in [2.24, 2.45) is 0 Å². The van der Waals surface area contributed by atoms with E-state index in [-0.39, 0.29) is 25.4 Å². The molecule has 0 radical (unpaired) electrons. The summed E-state index contributed by atoms with van der Waals surface area (Å²) in [5.41, 5.74) is 2.41. The minimum atomic E-state index is -3.74. The standard InChI is InChI=1S/C31H39N3O6S/c1-39-20-10-19-32-31(36)29(21-25-11-6-4-7-12-25)34(23-27-15-17-28(40-2)18-16-27)30(35)24-33(41(3,37)38)22-26-13-8-5-9-14-26/h4-9,11-18,29H,10,19-24H2,1-3H3,(H,32,36). The second-order valence-electron chi connectivity index (χ2n) is 9.73. The van der Waals surface area contributed by atoms with Gasteiger partial charge in [-0.2, -0.15) is 4.31 Å². The first-order valence-corrected chi connectivity index (χ1v) is 15.3. The molecule has 0 aromatic heterocycles. The fraction of sp³-hybridized carbons (Fsp3) is 0.355. The van der Waals surface area contributed by atoms with Crippen molar-refractivity contribution in [1.29, 1.82) is 0 Å². The Morgan fingerprint density at radius 2 is 1.41 bits per heavy atom. The number of methoxy groups -OCH3 is 2. The number of rotatable bonds is 16. The Bertz CT molecular complexity index is 1340. The van der Waals surface area contributed by atoms with E-state index < -0.39 is 28.5 Å². The third-order valence-corrected chi connectivity index (χ3v) is 7.79. The molecule has 3 aromatic carbocycles. The Balaban J connectivity index is 1.96. The Hall–Kier alpha value is -3.73. The highest BCUT2D eigenvalue weighted by molar-refractivity contribution is 7.88. The van der Waals surface area contributed by atoms with Crippen molar-refractivity contribution in [2.75, 3.05) is 40.2 Å². The number of carbonyl (C=O) groups is 2. The number of hydrogen-bond donors (Lipinski definition) is 1. The van der Waals surface area contributed by atoms with Crippen LogP contribution in [0.5, 0.6) is 5.75 Å². The van der Waals surface area contributed by atoms with Crippen molar-refractivity contribution in [3.63, 3.8) is 0 Å². The van der Waals surface area contributed by atoms with Crippen LogP contribution in [0.1, 0.15) is 23.1 Å². The Labute approximate surface area is 243 Å². The largest absolute Gasteiger partial charge is 0.497 e. The summed E-state index contributed by atoms with van der Waals surface area (Å²) in [6.45, 7) is 0.599. The van der Waals surface area contributed by atoms with E-state index >= 15 is 0 Å². The predicted molar refractivity (Wildman–Crippen MR) is 159 cm³/mol. The zero-order chi connectivity index (χ0) is 29.7. The summed E-state index contributed by atoms with van der Waals surface area (Å²) in [4.78, 5) is 29.1. The van der Waals surface area contributed by atoms with Gasteiger partial charge in [-0.1, -0.05) is 72.8 Å². The summed E-state index contributed by atoms with van der Waals surface area (Å²) in [5.74, 6) is -0.134. The van der Waals surface area contributed by atoms with Crippen LogP contribution < -0.4 is 10.1 Å². The van der Waals surface area contributed by atoms with Gasteiger partial charge in [0.1, 0.15) is 11.8 Å². The highest BCUT2D eigenvalue weighted by Gasteiger charge is 2.32. The van der Waals surface area contributed by atoms with Crippen LogP contribution in [0.15, 0.2) is 84.9 Å². The molecule has 0 aliphatic rings. The molecule has 220 valence electrons. The zero-order valence-electron chi connectivity index (χ0n) is 23.9. The van der Waals surface area contributed by atoms with Crippen molar-refractivity contribution < 1.29 is 27.5 Å². The molecular weight excluding hydrogens is 542 g/mol. The molecule has 41 heavy (non-hydrogen) atoms. The van der Waals surface area contributed by atoms with Crippen LogP contribution in [0.25, 0.3) is 0 Å².